The molecule has 0 fully saturated rings. The first kappa shape index (κ1) is 13.5. The summed E-state index contributed by atoms with van der Waals surface area (Å²) in [6.07, 6.45) is 5.53. The van der Waals surface area contributed by atoms with Crippen molar-refractivity contribution in [3.8, 4) is 12.3 Å². The third-order valence-corrected chi connectivity index (χ3v) is 2.50. The molecule has 0 saturated carbocycles. The Labute approximate surface area is 89.2 Å². The zero-order valence-electron chi connectivity index (χ0n) is 10.6. The topological polar surface area (TPSA) is 9.23 Å². The minimum Gasteiger partial charge on any atom is -0.361 e. The largest absolute Gasteiger partial charge is 0.361 e. The van der Waals surface area contributed by atoms with Crippen LogP contribution in [0.1, 0.15) is 48.5 Å². The van der Waals surface area contributed by atoms with Crippen LogP contribution in [0.2, 0.25) is 0 Å². The maximum Gasteiger partial charge on any atom is 0.123 e. The fourth-order valence-electron chi connectivity index (χ4n) is 0.902. The van der Waals surface area contributed by atoms with Crippen molar-refractivity contribution >= 4 is 0 Å². The Morgan fingerprint density at radius 1 is 1.00 bits per heavy atom. The van der Waals surface area contributed by atoms with E-state index in [-0.39, 0.29) is 23.0 Å². The first-order valence-corrected chi connectivity index (χ1v) is 5.20. The van der Waals surface area contributed by atoms with E-state index in [1.807, 2.05) is 0 Å². The Morgan fingerprint density at radius 2 is 1.43 bits per heavy atom. The van der Waals surface area contributed by atoms with Gasteiger partial charge in [0.05, 0.1) is 6.10 Å². The SMILES string of the molecule is C#CC(OC(C)C(C)(C)C)C(C)(C)C. The molecule has 0 heterocycles. The van der Waals surface area contributed by atoms with E-state index in [9.17, 15) is 0 Å². The third-order valence-electron chi connectivity index (χ3n) is 2.50. The van der Waals surface area contributed by atoms with E-state index in [0.717, 1.165) is 0 Å². The van der Waals surface area contributed by atoms with Gasteiger partial charge in [-0.1, -0.05) is 47.5 Å². The molecule has 0 rings (SSSR count). The van der Waals surface area contributed by atoms with Crippen LogP contribution in [0.5, 0.6) is 0 Å². The zero-order chi connectivity index (χ0) is 11.6. The molecule has 14 heavy (non-hydrogen) atoms. The van der Waals surface area contributed by atoms with Gasteiger partial charge in [0.2, 0.25) is 0 Å². The fraction of sp³-hybridized carbons (Fsp3) is 0.846. The average molecular weight is 196 g/mol. The number of hydrogen-bond acceptors (Lipinski definition) is 1. The van der Waals surface area contributed by atoms with Gasteiger partial charge in [-0.15, -0.1) is 6.42 Å². The van der Waals surface area contributed by atoms with Crippen molar-refractivity contribution < 1.29 is 4.74 Å². The highest BCUT2D eigenvalue weighted by molar-refractivity contribution is 5.01. The Hall–Kier alpha value is -0.480. The van der Waals surface area contributed by atoms with Gasteiger partial charge in [0.15, 0.2) is 0 Å². The van der Waals surface area contributed by atoms with Crippen molar-refractivity contribution in [1.29, 1.82) is 0 Å². The van der Waals surface area contributed by atoms with E-state index in [4.69, 9.17) is 11.2 Å². The number of rotatable bonds is 2. The normalized spacial score (nSPS) is 17.3. The molecule has 0 N–H and O–H groups in total. The summed E-state index contributed by atoms with van der Waals surface area (Å²) in [4.78, 5) is 0. The Morgan fingerprint density at radius 3 is 1.64 bits per heavy atom. The van der Waals surface area contributed by atoms with Crippen molar-refractivity contribution in [2.45, 2.75) is 60.7 Å². The molecule has 0 spiro atoms. The summed E-state index contributed by atoms with van der Waals surface area (Å²) in [6.45, 7) is 14.9. The predicted octanol–water partition coefficient (Wildman–Crippen LogP) is 3.49. The van der Waals surface area contributed by atoms with E-state index in [0.29, 0.717) is 0 Å². The fourth-order valence-corrected chi connectivity index (χ4v) is 0.902. The summed E-state index contributed by atoms with van der Waals surface area (Å²) >= 11 is 0. The van der Waals surface area contributed by atoms with Crippen LogP contribution in [0.25, 0.3) is 0 Å². The predicted molar refractivity (Wildman–Crippen MR) is 62.1 cm³/mol. The lowest BCUT2D eigenvalue weighted by Crippen LogP contribution is -2.36. The van der Waals surface area contributed by atoms with Gasteiger partial charge in [-0.05, 0) is 17.8 Å². The second-order valence-electron chi connectivity index (χ2n) is 6.06. The Kier molecular flexibility index (Phi) is 4.21. The van der Waals surface area contributed by atoms with Crippen LogP contribution in [0.3, 0.4) is 0 Å². The van der Waals surface area contributed by atoms with Crippen LogP contribution < -0.4 is 0 Å². The second kappa shape index (κ2) is 4.36. The number of ether oxygens (including phenoxy) is 1. The molecule has 0 amide bonds. The lowest BCUT2D eigenvalue weighted by molar-refractivity contribution is -0.0703. The van der Waals surface area contributed by atoms with Gasteiger partial charge in [-0.2, -0.15) is 0 Å². The van der Waals surface area contributed by atoms with E-state index < -0.39 is 0 Å². The molecule has 0 aromatic heterocycles. The molecule has 0 aliphatic rings. The minimum absolute atomic E-state index is 0.00819. The molecule has 2 unspecified atom stereocenters. The Balaban J connectivity index is 4.45. The van der Waals surface area contributed by atoms with Gasteiger partial charge >= 0.3 is 0 Å². The van der Waals surface area contributed by atoms with Crippen molar-refractivity contribution in [1.82, 2.24) is 0 Å². The highest BCUT2D eigenvalue weighted by Gasteiger charge is 2.29. The van der Waals surface area contributed by atoms with Crippen LogP contribution in [0.4, 0.5) is 0 Å². The van der Waals surface area contributed by atoms with Crippen LogP contribution in [-0.2, 0) is 4.74 Å². The molecule has 0 aliphatic carbocycles. The molecule has 0 saturated heterocycles. The summed E-state index contributed by atoms with van der Waals surface area (Å²) in [5.74, 6) is 2.72. The maximum atomic E-state index is 5.89. The Bertz CT molecular complexity index is 209. The van der Waals surface area contributed by atoms with Crippen molar-refractivity contribution in [3.63, 3.8) is 0 Å². The third kappa shape index (κ3) is 4.15. The van der Waals surface area contributed by atoms with Gasteiger partial charge in [-0.3, -0.25) is 0 Å². The molecule has 0 radical (unpaired) electrons. The lowest BCUT2D eigenvalue weighted by atomic mass is 9.87. The second-order valence-corrected chi connectivity index (χ2v) is 6.06. The standard InChI is InChI=1S/C13H24O/c1-9-11(13(6,7)8)14-10(2)12(3,4)5/h1,10-11H,2-8H3. The van der Waals surface area contributed by atoms with Crippen LogP contribution in [0.15, 0.2) is 0 Å². The first-order valence-electron chi connectivity index (χ1n) is 5.20. The van der Waals surface area contributed by atoms with Gasteiger partial charge < -0.3 is 4.74 Å². The highest BCUT2D eigenvalue weighted by Crippen LogP contribution is 2.28. The van der Waals surface area contributed by atoms with Crippen molar-refractivity contribution in [2.75, 3.05) is 0 Å². The molecule has 0 aromatic rings. The molecule has 0 bridgehead atoms. The van der Waals surface area contributed by atoms with Gasteiger partial charge in [0.1, 0.15) is 6.10 Å². The monoisotopic (exact) mass is 196 g/mol. The highest BCUT2D eigenvalue weighted by atomic mass is 16.5. The molecule has 82 valence electrons. The van der Waals surface area contributed by atoms with E-state index in [2.05, 4.69) is 54.4 Å². The van der Waals surface area contributed by atoms with Crippen molar-refractivity contribution in [2.24, 2.45) is 10.8 Å². The minimum atomic E-state index is -0.114. The van der Waals surface area contributed by atoms with Gasteiger partial charge in [-0.25, -0.2) is 0 Å². The number of hydrogen-bond donors (Lipinski definition) is 0. The van der Waals surface area contributed by atoms with Crippen molar-refractivity contribution in [3.05, 3.63) is 0 Å². The summed E-state index contributed by atoms with van der Waals surface area (Å²) in [7, 11) is 0. The van der Waals surface area contributed by atoms with Gasteiger partial charge in [0.25, 0.3) is 0 Å². The summed E-state index contributed by atoms with van der Waals surface area (Å²) in [5.41, 5.74) is 0.147. The van der Waals surface area contributed by atoms with Crippen LogP contribution in [0, 0.1) is 23.2 Å². The van der Waals surface area contributed by atoms with E-state index >= 15 is 0 Å². The van der Waals surface area contributed by atoms with Crippen LogP contribution >= 0.6 is 0 Å². The lowest BCUT2D eigenvalue weighted by Gasteiger charge is -2.34. The molecule has 1 nitrogen and oxygen atoms in total. The maximum absolute atomic E-state index is 5.89. The van der Waals surface area contributed by atoms with E-state index in [1.165, 1.54) is 0 Å². The number of terminal acetylenes is 1. The molecule has 0 aromatic carbocycles. The summed E-state index contributed by atoms with van der Waals surface area (Å²) in [6, 6.07) is 0. The van der Waals surface area contributed by atoms with Gasteiger partial charge in [0, 0.05) is 0 Å². The first-order chi connectivity index (χ1) is 6.09. The van der Waals surface area contributed by atoms with Crippen LogP contribution in [-0.4, -0.2) is 12.2 Å². The molecule has 0 aliphatic heterocycles. The summed E-state index contributed by atoms with van der Waals surface area (Å²) in [5, 5.41) is 0. The summed E-state index contributed by atoms with van der Waals surface area (Å²) < 4.78 is 5.89. The average Bonchev–Trinajstić information content (AvgIpc) is 1.95. The quantitative estimate of drug-likeness (QED) is 0.614. The van der Waals surface area contributed by atoms with E-state index in [1.54, 1.807) is 0 Å². The smallest absolute Gasteiger partial charge is 0.123 e. The molecular weight excluding hydrogens is 172 g/mol. The zero-order valence-corrected chi connectivity index (χ0v) is 10.6. The molecule has 1 heteroatoms. The molecular formula is C13H24O. The molecule has 2 atom stereocenters.